The normalized spacial score (nSPS) is 9.83. The molecule has 0 heterocycles. The zero-order chi connectivity index (χ0) is 13.0. The molecule has 2 rings (SSSR count). The van der Waals surface area contributed by atoms with Gasteiger partial charge in [-0.15, -0.1) is 0 Å². The molecule has 0 unspecified atom stereocenters. The van der Waals surface area contributed by atoms with Crippen LogP contribution in [0.15, 0.2) is 42.5 Å². The van der Waals surface area contributed by atoms with E-state index in [2.05, 4.69) is 0 Å². The largest absolute Gasteiger partial charge is 0.487 e. The number of hydrogen-bond donors (Lipinski definition) is 0. The van der Waals surface area contributed by atoms with Crippen molar-refractivity contribution in [3.8, 4) is 11.8 Å². The second-order valence-electron chi connectivity index (χ2n) is 3.67. The maximum absolute atomic E-state index is 13.0. The second kappa shape index (κ2) is 5.52. The van der Waals surface area contributed by atoms with Crippen LogP contribution >= 0.6 is 11.6 Å². The van der Waals surface area contributed by atoms with E-state index in [1.165, 1.54) is 12.1 Å². The van der Waals surface area contributed by atoms with E-state index in [0.29, 0.717) is 21.9 Å². The van der Waals surface area contributed by atoms with Crippen molar-refractivity contribution in [2.75, 3.05) is 0 Å². The Balaban J connectivity index is 2.15. The van der Waals surface area contributed by atoms with Gasteiger partial charge in [0.1, 0.15) is 24.2 Å². The third-order valence-electron chi connectivity index (χ3n) is 2.35. The van der Waals surface area contributed by atoms with Gasteiger partial charge in [0, 0.05) is 11.1 Å². The summed E-state index contributed by atoms with van der Waals surface area (Å²) in [5.41, 5.74) is 1.09. The molecule has 4 heteroatoms. The fourth-order valence-corrected chi connectivity index (χ4v) is 1.66. The summed E-state index contributed by atoms with van der Waals surface area (Å²) < 4.78 is 18.4. The molecule has 0 aliphatic carbocycles. The first-order chi connectivity index (χ1) is 8.69. The summed E-state index contributed by atoms with van der Waals surface area (Å²) in [5, 5.41) is 9.41. The standard InChI is InChI=1S/C14H9ClFNO/c15-12-5-4-11(8-17)14(7-12)18-9-10-2-1-3-13(16)6-10/h1-7H,9H2. The van der Waals surface area contributed by atoms with Gasteiger partial charge in [-0.05, 0) is 29.8 Å². The molecule has 0 aromatic heterocycles. The molecule has 2 nitrogen and oxygen atoms in total. The molecule has 0 atom stereocenters. The van der Waals surface area contributed by atoms with Crippen molar-refractivity contribution in [3.63, 3.8) is 0 Å². The van der Waals surface area contributed by atoms with Crippen LogP contribution in [-0.4, -0.2) is 0 Å². The summed E-state index contributed by atoms with van der Waals surface area (Å²) in [6.45, 7) is 0.187. The monoisotopic (exact) mass is 261 g/mol. The SMILES string of the molecule is N#Cc1ccc(Cl)cc1OCc1cccc(F)c1. The van der Waals surface area contributed by atoms with Gasteiger partial charge < -0.3 is 4.74 Å². The van der Waals surface area contributed by atoms with Crippen LogP contribution in [0.5, 0.6) is 5.75 Å². The minimum Gasteiger partial charge on any atom is -0.487 e. The van der Waals surface area contributed by atoms with Gasteiger partial charge in [0.2, 0.25) is 0 Å². The Morgan fingerprint density at radius 2 is 2.06 bits per heavy atom. The van der Waals surface area contributed by atoms with Gasteiger partial charge in [0.25, 0.3) is 0 Å². The zero-order valence-electron chi connectivity index (χ0n) is 9.36. The molecule has 0 spiro atoms. The fraction of sp³-hybridized carbons (Fsp3) is 0.0714. The zero-order valence-corrected chi connectivity index (χ0v) is 10.1. The van der Waals surface area contributed by atoms with Crippen molar-refractivity contribution < 1.29 is 9.13 Å². The lowest BCUT2D eigenvalue weighted by Gasteiger charge is -2.08. The van der Waals surface area contributed by atoms with Crippen molar-refractivity contribution in [3.05, 3.63) is 64.4 Å². The molecular weight excluding hydrogens is 253 g/mol. The first-order valence-electron chi connectivity index (χ1n) is 5.26. The van der Waals surface area contributed by atoms with Gasteiger partial charge in [-0.1, -0.05) is 23.7 Å². The topological polar surface area (TPSA) is 33.0 Å². The lowest BCUT2D eigenvalue weighted by Crippen LogP contribution is -1.97. The van der Waals surface area contributed by atoms with E-state index in [9.17, 15) is 4.39 Å². The summed E-state index contributed by atoms with van der Waals surface area (Å²) in [4.78, 5) is 0. The quantitative estimate of drug-likeness (QED) is 0.839. The minimum atomic E-state index is -0.317. The van der Waals surface area contributed by atoms with E-state index in [1.54, 1.807) is 30.3 Å². The molecule has 0 aliphatic rings. The molecule has 2 aromatic carbocycles. The molecular formula is C14H9ClFNO. The second-order valence-corrected chi connectivity index (χ2v) is 4.11. The van der Waals surface area contributed by atoms with Crippen LogP contribution in [0.25, 0.3) is 0 Å². The van der Waals surface area contributed by atoms with Crippen molar-refractivity contribution in [2.45, 2.75) is 6.61 Å². The molecule has 0 saturated carbocycles. The number of ether oxygens (including phenoxy) is 1. The molecule has 0 fully saturated rings. The van der Waals surface area contributed by atoms with Gasteiger partial charge in [0.15, 0.2) is 0 Å². The van der Waals surface area contributed by atoms with E-state index in [-0.39, 0.29) is 12.4 Å². The van der Waals surface area contributed by atoms with Crippen LogP contribution in [0.4, 0.5) is 4.39 Å². The van der Waals surface area contributed by atoms with Crippen LogP contribution in [0.1, 0.15) is 11.1 Å². The Morgan fingerprint density at radius 1 is 1.22 bits per heavy atom. The summed E-state index contributed by atoms with van der Waals surface area (Å²) in [7, 11) is 0. The molecule has 0 amide bonds. The smallest absolute Gasteiger partial charge is 0.139 e. The highest BCUT2D eigenvalue weighted by atomic mass is 35.5. The van der Waals surface area contributed by atoms with Crippen molar-refractivity contribution in [1.82, 2.24) is 0 Å². The van der Waals surface area contributed by atoms with Gasteiger partial charge in [-0.3, -0.25) is 0 Å². The van der Waals surface area contributed by atoms with Crippen LogP contribution in [0, 0.1) is 17.1 Å². The van der Waals surface area contributed by atoms with Crippen molar-refractivity contribution >= 4 is 11.6 Å². The number of benzene rings is 2. The minimum absolute atomic E-state index is 0.187. The van der Waals surface area contributed by atoms with Gasteiger partial charge in [-0.25, -0.2) is 4.39 Å². The summed E-state index contributed by atoms with van der Waals surface area (Å²) in [6, 6.07) is 12.9. The predicted octanol–water partition coefficient (Wildman–Crippen LogP) is 3.93. The van der Waals surface area contributed by atoms with Gasteiger partial charge >= 0.3 is 0 Å². The van der Waals surface area contributed by atoms with Crippen molar-refractivity contribution in [2.24, 2.45) is 0 Å². The lowest BCUT2D eigenvalue weighted by molar-refractivity contribution is 0.304. The molecule has 18 heavy (non-hydrogen) atoms. The van der Waals surface area contributed by atoms with Crippen LogP contribution in [0.2, 0.25) is 5.02 Å². The van der Waals surface area contributed by atoms with Gasteiger partial charge in [-0.2, -0.15) is 5.26 Å². The Bertz CT molecular complexity index is 607. The van der Waals surface area contributed by atoms with E-state index < -0.39 is 0 Å². The lowest BCUT2D eigenvalue weighted by atomic mass is 10.2. The highest BCUT2D eigenvalue weighted by molar-refractivity contribution is 6.30. The molecule has 0 aliphatic heterocycles. The summed E-state index contributed by atoms with van der Waals surface area (Å²) in [5.74, 6) is 0.0805. The average molecular weight is 262 g/mol. The van der Waals surface area contributed by atoms with Crippen LogP contribution < -0.4 is 4.74 Å². The van der Waals surface area contributed by atoms with Gasteiger partial charge in [0.05, 0.1) is 5.56 Å². The Labute approximate surface area is 109 Å². The third kappa shape index (κ3) is 2.99. The Hall–Kier alpha value is -2.05. The molecule has 0 saturated heterocycles. The average Bonchev–Trinajstić information content (AvgIpc) is 2.37. The molecule has 0 N–H and O–H groups in total. The highest BCUT2D eigenvalue weighted by Crippen LogP contribution is 2.23. The summed E-state index contributed by atoms with van der Waals surface area (Å²) in [6.07, 6.45) is 0. The van der Waals surface area contributed by atoms with E-state index in [0.717, 1.165) is 0 Å². The van der Waals surface area contributed by atoms with Crippen molar-refractivity contribution in [1.29, 1.82) is 5.26 Å². The number of nitrogens with zero attached hydrogens (tertiary/aromatic N) is 1. The Morgan fingerprint density at radius 3 is 2.78 bits per heavy atom. The van der Waals surface area contributed by atoms with Crippen LogP contribution in [0.3, 0.4) is 0 Å². The molecule has 0 radical (unpaired) electrons. The number of nitriles is 1. The first kappa shape index (κ1) is 12.4. The van der Waals surface area contributed by atoms with Crippen LogP contribution in [-0.2, 0) is 6.61 Å². The van der Waals surface area contributed by atoms with E-state index in [1.807, 2.05) is 6.07 Å². The number of rotatable bonds is 3. The molecule has 90 valence electrons. The van der Waals surface area contributed by atoms with E-state index in [4.69, 9.17) is 21.6 Å². The maximum Gasteiger partial charge on any atom is 0.139 e. The highest BCUT2D eigenvalue weighted by Gasteiger charge is 2.05. The third-order valence-corrected chi connectivity index (χ3v) is 2.58. The van der Waals surface area contributed by atoms with E-state index >= 15 is 0 Å². The maximum atomic E-state index is 13.0. The molecule has 2 aromatic rings. The summed E-state index contributed by atoms with van der Waals surface area (Å²) >= 11 is 5.83. The molecule has 0 bridgehead atoms. The number of hydrogen-bond acceptors (Lipinski definition) is 2. The fourth-order valence-electron chi connectivity index (χ4n) is 1.50. The number of halogens is 2. The Kier molecular flexibility index (Phi) is 3.81. The first-order valence-corrected chi connectivity index (χ1v) is 5.64. The predicted molar refractivity (Wildman–Crippen MR) is 66.9 cm³/mol.